The number of halogens is 1. The molecule has 0 aromatic heterocycles. The number of benzene rings is 2. The van der Waals surface area contributed by atoms with Crippen molar-refractivity contribution in [1.82, 2.24) is 0 Å². The smallest absolute Gasteiger partial charge is 0.338 e. The molecule has 0 amide bonds. The van der Waals surface area contributed by atoms with Crippen molar-refractivity contribution in [2.24, 2.45) is 0 Å². The van der Waals surface area contributed by atoms with Crippen molar-refractivity contribution in [2.75, 3.05) is 7.11 Å². The summed E-state index contributed by atoms with van der Waals surface area (Å²) in [5.41, 5.74) is 0.349. The van der Waals surface area contributed by atoms with Gasteiger partial charge in [0.1, 0.15) is 5.60 Å². The van der Waals surface area contributed by atoms with Crippen LogP contribution in [0.1, 0.15) is 36.7 Å². The molecule has 0 unspecified atom stereocenters. The Bertz CT molecular complexity index is 816. The van der Waals surface area contributed by atoms with E-state index in [0.717, 1.165) is 10.8 Å². The summed E-state index contributed by atoms with van der Waals surface area (Å²) in [6.45, 7) is 5.37. The molecule has 0 N–H and O–H groups in total. The third-order valence-corrected chi connectivity index (χ3v) is 3.42. The highest BCUT2D eigenvalue weighted by atomic mass is 35.5. The van der Waals surface area contributed by atoms with Gasteiger partial charge in [0.05, 0.1) is 12.7 Å². The quantitative estimate of drug-likeness (QED) is 0.600. The van der Waals surface area contributed by atoms with Crippen LogP contribution in [0.2, 0.25) is 5.02 Å². The van der Waals surface area contributed by atoms with Gasteiger partial charge in [-0.3, -0.25) is 0 Å². The van der Waals surface area contributed by atoms with Crippen LogP contribution < -0.4 is 0 Å². The lowest BCUT2D eigenvalue weighted by molar-refractivity contribution is -0.148. The zero-order chi connectivity index (χ0) is 17.9. The van der Waals surface area contributed by atoms with Crippen LogP contribution >= 0.6 is 11.6 Å². The minimum absolute atomic E-state index is 0.354. The van der Waals surface area contributed by atoms with E-state index in [2.05, 4.69) is 0 Å². The van der Waals surface area contributed by atoms with Crippen molar-refractivity contribution in [3.05, 3.63) is 52.6 Å². The van der Waals surface area contributed by atoms with Gasteiger partial charge in [-0.1, -0.05) is 17.7 Å². The fraction of sp³-hybridized carbons (Fsp3) is 0.263. The molecule has 4 nitrogen and oxygen atoms in total. The summed E-state index contributed by atoms with van der Waals surface area (Å²) >= 11 is 6.00. The van der Waals surface area contributed by atoms with Crippen molar-refractivity contribution in [1.29, 1.82) is 0 Å². The lowest BCUT2D eigenvalue weighted by atomic mass is 10.0. The number of hydrogen-bond acceptors (Lipinski definition) is 4. The van der Waals surface area contributed by atoms with Crippen LogP contribution in [-0.4, -0.2) is 24.6 Å². The molecule has 0 saturated carbocycles. The van der Waals surface area contributed by atoms with Crippen LogP contribution in [0.3, 0.4) is 0 Å². The van der Waals surface area contributed by atoms with Crippen LogP contribution in [0.4, 0.5) is 0 Å². The molecule has 0 radical (unpaired) electrons. The predicted molar refractivity (Wildman–Crippen MR) is 95.2 cm³/mol. The maximum Gasteiger partial charge on any atom is 0.338 e. The normalized spacial score (nSPS) is 11.7. The van der Waals surface area contributed by atoms with Gasteiger partial charge in [-0.25, -0.2) is 9.59 Å². The maximum absolute atomic E-state index is 12.0. The molecule has 0 spiro atoms. The molecule has 0 aliphatic heterocycles. The predicted octanol–water partition coefficient (Wildman–Crippen LogP) is 4.63. The molecule has 0 heterocycles. The molecule has 2 aromatic rings. The third-order valence-electron chi connectivity index (χ3n) is 3.18. The maximum atomic E-state index is 12.0. The first kappa shape index (κ1) is 18.0. The number of rotatable bonds is 3. The van der Waals surface area contributed by atoms with Crippen LogP contribution in [0.15, 0.2) is 36.4 Å². The monoisotopic (exact) mass is 346 g/mol. The number of carbonyl (C=O) groups is 2. The van der Waals surface area contributed by atoms with Gasteiger partial charge in [-0.2, -0.15) is 0 Å². The fourth-order valence-electron chi connectivity index (χ4n) is 2.20. The van der Waals surface area contributed by atoms with E-state index < -0.39 is 17.5 Å². The molecule has 0 aliphatic carbocycles. The number of hydrogen-bond donors (Lipinski definition) is 0. The summed E-state index contributed by atoms with van der Waals surface area (Å²) in [5, 5.41) is 2.29. The molecule has 2 rings (SSSR count). The summed E-state index contributed by atoms with van der Waals surface area (Å²) < 4.78 is 10.1. The Labute approximate surface area is 146 Å². The fourth-order valence-corrected chi connectivity index (χ4v) is 2.38. The summed E-state index contributed by atoms with van der Waals surface area (Å²) in [4.78, 5) is 23.9. The van der Waals surface area contributed by atoms with Crippen molar-refractivity contribution in [3.63, 3.8) is 0 Å². The molecule has 0 fully saturated rings. The molecule has 5 heteroatoms. The van der Waals surface area contributed by atoms with Crippen LogP contribution in [0.5, 0.6) is 0 Å². The van der Waals surface area contributed by atoms with Gasteiger partial charge in [0.2, 0.25) is 0 Å². The largest absolute Gasteiger partial charge is 0.465 e. The van der Waals surface area contributed by atoms with Crippen molar-refractivity contribution < 1.29 is 19.1 Å². The van der Waals surface area contributed by atoms with Crippen LogP contribution in [0, 0.1) is 0 Å². The Morgan fingerprint density at radius 1 is 1.08 bits per heavy atom. The number of carbonyl (C=O) groups excluding carboxylic acids is 2. The Morgan fingerprint density at radius 2 is 1.79 bits per heavy atom. The zero-order valence-electron chi connectivity index (χ0n) is 14.1. The van der Waals surface area contributed by atoms with Crippen molar-refractivity contribution >= 4 is 40.4 Å². The van der Waals surface area contributed by atoms with E-state index in [0.29, 0.717) is 16.1 Å². The molecule has 0 bridgehead atoms. The van der Waals surface area contributed by atoms with Gasteiger partial charge in [-0.15, -0.1) is 0 Å². The summed E-state index contributed by atoms with van der Waals surface area (Å²) in [5.74, 6) is -0.963. The minimum Gasteiger partial charge on any atom is -0.465 e. The average molecular weight is 347 g/mol. The SMILES string of the molecule is COC(=O)c1cc2cc(Cl)ccc2cc1/C=C/C(=O)OC(C)(C)C. The molecule has 0 aliphatic rings. The molecular weight excluding hydrogens is 328 g/mol. The standard InChI is InChI=1S/C19H19ClO4/c1-19(2,3)24-17(21)8-6-13-9-12-5-7-15(20)10-14(12)11-16(13)18(22)23-4/h5-11H,1-4H3/b8-6+. The van der Waals surface area contributed by atoms with Gasteiger partial charge in [-0.05, 0) is 67.4 Å². The van der Waals surface area contributed by atoms with E-state index in [9.17, 15) is 9.59 Å². The average Bonchev–Trinajstić information content (AvgIpc) is 2.49. The second-order valence-electron chi connectivity index (χ2n) is 6.29. The first-order valence-electron chi connectivity index (χ1n) is 7.42. The van der Waals surface area contributed by atoms with Gasteiger partial charge in [0.15, 0.2) is 0 Å². The van der Waals surface area contributed by atoms with E-state index in [1.807, 2.05) is 6.07 Å². The lowest BCUT2D eigenvalue weighted by Gasteiger charge is -2.18. The van der Waals surface area contributed by atoms with E-state index >= 15 is 0 Å². The Balaban J connectivity index is 2.45. The van der Waals surface area contributed by atoms with Gasteiger partial charge >= 0.3 is 11.9 Å². The van der Waals surface area contributed by atoms with E-state index in [1.54, 1.807) is 51.1 Å². The number of fused-ring (bicyclic) bond motifs is 1. The highest BCUT2D eigenvalue weighted by Crippen LogP contribution is 2.25. The van der Waals surface area contributed by atoms with E-state index in [4.69, 9.17) is 21.1 Å². The number of esters is 2. The lowest BCUT2D eigenvalue weighted by Crippen LogP contribution is -2.22. The van der Waals surface area contributed by atoms with E-state index in [1.165, 1.54) is 13.2 Å². The Morgan fingerprint density at radius 3 is 2.42 bits per heavy atom. The second-order valence-corrected chi connectivity index (χ2v) is 6.73. The molecule has 24 heavy (non-hydrogen) atoms. The number of methoxy groups -OCH3 is 1. The summed E-state index contributed by atoms with van der Waals surface area (Å²) in [7, 11) is 1.31. The van der Waals surface area contributed by atoms with Crippen LogP contribution in [-0.2, 0) is 14.3 Å². The van der Waals surface area contributed by atoms with Gasteiger partial charge in [0.25, 0.3) is 0 Å². The molecule has 0 saturated heterocycles. The van der Waals surface area contributed by atoms with Crippen molar-refractivity contribution in [3.8, 4) is 0 Å². The molecule has 2 aromatic carbocycles. The third kappa shape index (κ3) is 4.59. The zero-order valence-corrected chi connectivity index (χ0v) is 14.8. The van der Waals surface area contributed by atoms with Crippen molar-refractivity contribution in [2.45, 2.75) is 26.4 Å². The van der Waals surface area contributed by atoms with Crippen LogP contribution in [0.25, 0.3) is 16.8 Å². The van der Waals surface area contributed by atoms with Gasteiger partial charge in [0, 0.05) is 11.1 Å². The Kier molecular flexibility index (Phi) is 5.30. The highest BCUT2D eigenvalue weighted by molar-refractivity contribution is 6.31. The summed E-state index contributed by atoms with van der Waals surface area (Å²) in [6, 6.07) is 8.89. The van der Waals surface area contributed by atoms with E-state index in [-0.39, 0.29) is 0 Å². The first-order chi connectivity index (χ1) is 11.2. The first-order valence-corrected chi connectivity index (χ1v) is 7.80. The summed E-state index contributed by atoms with van der Waals surface area (Å²) in [6.07, 6.45) is 2.85. The minimum atomic E-state index is -0.577. The molecule has 126 valence electrons. The topological polar surface area (TPSA) is 52.6 Å². The molecule has 0 atom stereocenters. The number of ether oxygens (including phenoxy) is 2. The Hall–Kier alpha value is -2.33. The molecular formula is C19H19ClO4. The second kappa shape index (κ2) is 7.05. The van der Waals surface area contributed by atoms with Gasteiger partial charge < -0.3 is 9.47 Å². The highest BCUT2D eigenvalue weighted by Gasteiger charge is 2.15.